The number of benzene rings is 2. The Morgan fingerprint density at radius 3 is 2.34 bits per heavy atom. The van der Waals surface area contributed by atoms with Gasteiger partial charge >= 0.3 is 0 Å². The number of nitrogens with zero attached hydrogens (tertiary/aromatic N) is 1. The minimum absolute atomic E-state index is 0.0775. The van der Waals surface area contributed by atoms with Gasteiger partial charge in [0.15, 0.2) is 5.78 Å². The number of rotatable bonds is 9. The van der Waals surface area contributed by atoms with E-state index in [1.165, 1.54) is 22.3 Å². The van der Waals surface area contributed by atoms with E-state index in [-0.39, 0.29) is 29.8 Å². The van der Waals surface area contributed by atoms with Gasteiger partial charge < -0.3 is 0 Å². The lowest BCUT2D eigenvalue weighted by atomic mass is 9.88. The molecule has 0 amide bonds. The van der Waals surface area contributed by atoms with E-state index in [4.69, 9.17) is 4.99 Å². The molecule has 0 saturated heterocycles. The summed E-state index contributed by atoms with van der Waals surface area (Å²) >= 11 is 0. The van der Waals surface area contributed by atoms with Gasteiger partial charge in [0.05, 0.1) is 11.8 Å². The van der Waals surface area contributed by atoms with E-state index in [0.29, 0.717) is 12.0 Å². The molecule has 3 nitrogen and oxygen atoms in total. The van der Waals surface area contributed by atoms with Crippen LogP contribution in [0.25, 0.3) is 0 Å². The Morgan fingerprint density at radius 2 is 1.69 bits per heavy atom. The molecule has 1 aliphatic rings. The summed E-state index contributed by atoms with van der Waals surface area (Å²) in [7, 11) is 0. The Balaban J connectivity index is 1.80. The van der Waals surface area contributed by atoms with Crippen LogP contribution in [-0.4, -0.2) is 23.3 Å². The molecule has 0 N–H and O–H groups in total. The molecular formula is C29H35NO2. The molecule has 3 rings (SSSR count). The van der Waals surface area contributed by atoms with Crippen molar-refractivity contribution in [1.82, 2.24) is 0 Å². The van der Waals surface area contributed by atoms with Crippen molar-refractivity contribution in [1.29, 1.82) is 0 Å². The highest BCUT2D eigenvalue weighted by atomic mass is 16.1. The highest BCUT2D eigenvalue weighted by molar-refractivity contribution is 6.16. The highest BCUT2D eigenvalue weighted by Crippen LogP contribution is 2.27. The van der Waals surface area contributed by atoms with Crippen molar-refractivity contribution < 1.29 is 9.59 Å². The number of aliphatic imine (C=N–C) groups is 1. The fourth-order valence-electron chi connectivity index (χ4n) is 4.14. The summed E-state index contributed by atoms with van der Waals surface area (Å²) in [5.74, 6) is -0.00105. The second-order valence-electron chi connectivity index (χ2n) is 9.40. The molecule has 1 heterocycles. The van der Waals surface area contributed by atoms with Crippen molar-refractivity contribution in [3.8, 4) is 0 Å². The second-order valence-corrected chi connectivity index (χ2v) is 9.40. The first-order valence-electron chi connectivity index (χ1n) is 11.7. The molecule has 32 heavy (non-hydrogen) atoms. The first kappa shape index (κ1) is 23.8. The van der Waals surface area contributed by atoms with Gasteiger partial charge in [0.1, 0.15) is 5.78 Å². The van der Waals surface area contributed by atoms with Gasteiger partial charge in [-0.1, -0.05) is 64.1 Å². The Kier molecular flexibility index (Phi) is 7.60. The zero-order chi connectivity index (χ0) is 23.4. The highest BCUT2D eigenvalue weighted by Gasteiger charge is 2.31. The van der Waals surface area contributed by atoms with Crippen LogP contribution in [0.15, 0.2) is 59.1 Å². The van der Waals surface area contributed by atoms with Crippen LogP contribution in [0.4, 0.5) is 0 Å². The van der Waals surface area contributed by atoms with Gasteiger partial charge in [-0.15, -0.1) is 0 Å². The molecule has 0 fully saturated rings. The normalized spacial score (nSPS) is 16.7. The van der Waals surface area contributed by atoms with E-state index in [1.54, 1.807) is 0 Å². The molecule has 0 bridgehead atoms. The molecule has 0 aromatic heterocycles. The molecule has 0 saturated carbocycles. The molecule has 168 valence electrons. The van der Waals surface area contributed by atoms with E-state index in [0.717, 1.165) is 17.7 Å². The maximum Gasteiger partial charge on any atom is 0.163 e. The number of hydrogen-bond acceptors (Lipinski definition) is 3. The fourth-order valence-corrected chi connectivity index (χ4v) is 4.14. The monoisotopic (exact) mass is 429 g/mol. The Bertz CT molecular complexity index is 1070. The smallest absolute Gasteiger partial charge is 0.163 e. The quantitative estimate of drug-likeness (QED) is 0.489. The van der Waals surface area contributed by atoms with Gasteiger partial charge in [0.2, 0.25) is 0 Å². The summed E-state index contributed by atoms with van der Waals surface area (Å²) in [5.41, 5.74) is 7.36. The van der Waals surface area contributed by atoms with Gasteiger partial charge in [-0.05, 0) is 66.6 Å². The lowest BCUT2D eigenvalue weighted by Crippen LogP contribution is -2.24. The van der Waals surface area contributed by atoms with Gasteiger partial charge in [0, 0.05) is 23.8 Å². The third-order valence-electron chi connectivity index (χ3n) is 6.44. The number of carbonyl (C=O) groups excluding carboxylic acids is 2. The lowest BCUT2D eigenvalue weighted by Gasteiger charge is -2.16. The van der Waals surface area contributed by atoms with Crippen LogP contribution in [0.2, 0.25) is 0 Å². The van der Waals surface area contributed by atoms with E-state index in [9.17, 15) is 9.59 Å². The third kappa shape index (κ3) is 5.51. The predicted octanol–water partition coefficient (Wildman–Crippen LogP) is 6.03. The van der Waals surface area contributed by atoms with E-state index in [1.807, 2.05) is 32.9 Å². The maximum atomic E-state index is 13.1. The summed E-state index contributed by atoms with van der Waals surface area (Å²) in [6.45, 7) is 12.1. The van der Waals surface area contributed by atoms with E-state index >= 15 is 0 Å². The number of hydrogen-bond donors (Lipinski definition) is 0. The zero-order valence-corrected chi connectivity index (χ0v) is 20.2. The van der Waals surface area contributed by atoms with Crippen LogP contribution >= 0.6 is 0 Å². The Labute approximate surface area is 192 Å². The van der Waals surface area contributed by atoms with Crippen molar-refractivity contribution in [2.24, 2.45) is 16.8 Å². The van der Waals surface area contributed by atoms with Crippen LogP contribution in [0, 0.1) is 25.7 Å². The fraction of sp³-hybridized carbons (Fsp3) is 0.414. The molecule has 3 heteroatoms. The predicted molar refractivity (Wildman–Crippen MR) is 132 cm³/mol. The molecule has 0 radical (unpaired) electrons. The lowest BCUT2D eigenvalue weighted by molar-refractivity contribution is -0.122. The van der Waals surface area contributed by atoms with Crippen molar-refractivity contribution in [2.45, 2.75) is 66.8 Å². The van der Waals surface area contributed by atoms with Crippen LogP contribution in [0.3, 0.4) is 0 Å². The van der Waals surface area contributed by atoms with E-state index < -0.39 is 6.04 Å². The van der Waals surface area contributed by atoms with Crippen molar-refractivity contribution in [2.75, 3.05) is 0 Å². The van der Waals surface area contributed by atoms with Crippen LogP contribution in [0.1, 0.15) is 61.9 Å². The zero-order valence-electron chi connectivity index (χ0n) is 20.2. The van der Waals surface area contributed by atoms with Crippen LogP contribution in [-0.2, 0) is 22.4 Å². The summed E-state index contributed by atoms with van der Waals surface area (Å²) in [6, 6.07) is 14.3. The van der Waals surface area contributed by atoms with Gasteiger partial charge in [-0.25, -0.2) is 0 Å². The first-order chi connectivity index (χ1) is 15.2. The Morgan fingerprint density at radius 1 is 0.969 bits per heavy atom. The number of carbonyl (C=O) groups is 2. The summed E-state index contributed by atoms with van der Waals surface area (Å²) in [6.07, 6.45) is 3.87. The molecule has 2 unspecified atom stereocenters. The standard InChI is InChI=1S/C29H35NO2/c1-7-22-9-8-10-23(15-22)13-21(6)28(31)17-27-25(29(32)18(2)3)16-26(30-27)24-12-11-19(4)20(5)14-24/h8-12,14-16,18,21,27H,7,13,17H2,1-6H3. The summed E-state index contributed by atoms with van der Waals surface area (Å²) in [4.78, 5) is 30.9. The molecule has 2 aromatic carbocycles. The Hall–Kier alpha value is -2.81. The third-order valence-corrected chi connectivity index (χ3v) is 6.44. The minimum Gasteiger partial charge on any atom is -0.299 e. The van der Waals surface area contributed by atoms with Crippen molar-refractivity contribution in [3.05, 3.63) is 81.9 Å². The topological polar surface area (TPSA) is 46.5 Å². The SMILES string of the molecule is CCc1cccc(CC(C)C(=O)CC2N=C(c3ccc(C)c(C)c3)C=C2C(=O)C(C)C)c1. The van der Waals surface area contributed by atoms with Crippen LogP contribution < -0.4 is 0 Å². The molecular weight excluding hydrogens is 394 g/mol. The summed E-state index contributed by atoms with van der Waals surface area (Å²) in [5, 5.41) is 0. The second kappa shape index (κ2) is 10.2. The maximum absolute atomic E-state index is 13.1. The van der Waals surface area contributed by atoms with Gasteiger partial charge in [-0.2, -0.15) is 0 Å². The molecule has 2 atom stereocenters. The van der Waals surface area contributed by atoms with Crippen LogP contribution in [0.5, 0.6) is 0 Å². The minimum atomic E-state index is -0.390. The number of aryl methyl sites for hydroxylation is 3. The number of allylic oxidation sites excluding steroid dienone is 1. The number of ketones is 2. The molecule has 0 aliphatic carbocycles. The average molecular weight is 430 g/mol. The summed E-state index contributed by atoms with van der Waals surface area (Å²) < 4.78 is 0. The largest absolute Gasteiger partial charge is 0.299 e. The first-order valence-corrected chi connectivity index (χ1v) is 11.7. The number of Topliss-reactive ketones (excluding diaryl/α,β-unsaturated/α-hetero) is 2. The van der Waals surface area contributed by atoms with Gasteiger partial charge in [-0.3, -0.25) is 14.6 Å². The van der Waals surface area contributed by atoms with Crippen molar-refractivity contribution >= 4 is 17.3 Å². The molecule has 1 aliphatic heterocycles. The molecule has 2 aromatic rings. The molecule has 0 spiro atoms. The average Bonchev–Trinajstić information content (AvgIpc) is 3.18. The van der Waals surface area contributed by atoms with Crippen molar-refractivity contribution in [3.63, 3.8) is 0 Å². The van der Waals surface area contributed by atoms with E-state index in [2.05, 4.69) is 57.2 Å². The van der Waals surface area contributed by atoms with Gasteiger partial charge in [0.25, 0.3) is 0 Å².